The molecular formula is C16H7Cl2NO3. The van der Waals surface area contributed by atoms with E-state index in [0.717, 1.165) is 0 Å². The molecule has 108 valence electrons. The van der Waals surface area contributed by atoms with Crippen molar-refractivity contribution in [3.8, 4) is 22.9 Å². The lowest BCUT2D eigenvalue weighted by atomic mass is 9.97. The van der Waals surface area contributed by atoms with Gasteiger partial charge in [0.1, 0.15) is 23.0 Å². The zero-order valence-corrected chi connectivity index (χ0v) is 12.4. The molecule has 0 aliphatic carbocycles. The minimum Gasteiger partial charge on any atom is -0.508 e. The Morgan fingerprint density at radius 1 is 1.09 bits per heavy atom. The second-order valence-corrected chi connectivity index (χ2v) is 5.38. The average Bonchev–Trinajstić information content (AvgIpc) is 2.48. The molecule has 0 aliphatic heterocycles. The van der Waals surface area contributed by atoms with Crippen molar-refractivity contribution in [3.05, 3.63) is 62.4 Å². The first-order valence-electron chi connectivity index (χ1n) is 6.16. The highest BCUT2D eigenvalue weighted by molar-refractivity contribution is 6.42. The maximum absolute atomic E-state index is 12.0. The van der Waals surface area contributed by atoms with Gasteiger partial charge in [0, 0.05) is 17.0 Å². The van der Waals surface area contributed by atoms with Gasteiger partial charge in [-0.15, -0.1) is 0 Å². The molecule has 1 N–H and O–H groups in total. The van der Waals surface area contributed by atoms with E-state index in [-0.39, 0.29) is 16.9 Å². The highest BCUT2D eigenvalue weighted by Crippen LogP contribution is 2.35. The maximum atomic E-state index is 12.0. The Morgan fingerprint density at radius 2 is 1.86 bits per heavy atom. The van der Waals surface area contributed by atoms with E-state index in [4.69, 9.17) is 27.6 Å². The highest BCUT2D eigenvalue weighted by atomic mass is 35.5. The summed E-state index contributed by atoms with van der Waals surface area (Å²) in [4.78, 5) is 12.0. The predicted octanol–water partition coefficient (Wildman–Crippen LogP) is 4.34. The number of halogens is 2. The van der Waals surface area contributed by atoms with Gasteiger partial charge in [0.25, 0.3) is 0 Å². The van der Waals surface area contributed by atoms with Crippen LogP contribution in [0.15, 0.2) is 45.6 Å². The van der Waals surface area contributed by atoms with Crippen molar-refractivity contribution in [2.24, 2.45) is 0 Å². The normalized spacial score (nSPS) is 10.6. The van der Waals surface area contributed by atoms with Gasteiger partial charge in [-0.05, 0) is 29.8 Å². The van der Waals surface area contributed by atoms with Crippen molar-refractivity contribution >= 4 is 34.2 Å². The molecule has 0 saturated heterocycles. The molecule has 3 aromatic rings. The summed E-state index contributed by atoms with van der Waals surface area (Å²) in [5.74, 6) is -0.0413. The van der Waals surface area contributed by atoms with Gasteiger partial charge in [-0.2, -0.15) is 5.26 Å². The first-order valence-corrected chi connectivity index (χ1v) is 6.92. The fourth-order valence-electron chi connectivity index (χ4n) is 2.24. The Hall–Kier alpha value is -2.48. The summed E-state index contributed by atoms with van der Waals surface area (Å²) < 4.78 is 5.08. The van der Waals surface area contributed by atoms with Crippen molar-refractivity contribution in [2.45, 2.75) is 0 Å². The number of nitrogens with zero attached hydrogens (tertiary/aromatic N) is 1. The number of fused-ring (bicyclic) bond motifs is 1. The van der Waals surface area contributed by atoms with Crippen LogP contribution in [0.4, 0.5) is 0 Å². The monoisotopic (exact) mass is 331 g/mol. The van der Waals surface area contributed by atoms with Crippen LogP contribution in [-0.4, -0.2) is 5.11 Å². The lowest BCUT2D eigenvalue weighted by Gasteiger charge is -2.09. The third kappa shape index (κ3) is 2.31. The van der Waals surface area contributed by atoms with E-state index in [2.05, 4.69) is 0 Å². The fraction of sp³-hybridized carbons (Fsp3) is 0. The smallest absolute Gasteiger partial charge is 0.354 e. The number of aromatic hydroxyl groups is 1. The van der Waals surface area contributed by atoms with Crippen LogP contribution in [0.1, 0.15) is 5.56 Å². The average molecular weight is 332 g/mol. The van der Waals surface area contributed by atoms with Crippen molar-refractivity contribution in [3.63, 3.8) is 0 Å². The molecule has 0 unspecified atom stereocenters. The van der Waals surface area contributed by atoms with E-state index in [1.54, 1.807) is 24.3 Å². The number of phenolic OH excluding ortho intramolecular Hbond substituents is 1. The summed E-state index contributed by atoms with van der Waals surface area (Å²) in [5.41, 5.74) is 0.241. The van der Waals surface area contributed by atoms with Crippen molar-refractivity contribution < 1.29 is 9.52 Å². The van der Waals surface area contributed by atoms with E-state index < -0.39 is 5.63 Å². The van der Waals surface area contributed by atoms with Gasteiger partial charge in [-0.1, -0.05) is 29.3 Å². The Morgan fingerprint density at radius 3 is 2.55 bits per heavy atom. The maximum Gasteiger partial charge on any atom is 0.354 e. The molecule has 0 amide bonds. The van der Waals surface area contributed by atoms with Gasteiger partial charge in [0.15, 0.2) is 0 Å². The van der Waals surface area contributed by atoms with E-state index in [1.165, 1.54) is 12.1 Å². The molecule has 1 heterocycles. The number of phenols is 1. The van der Waals surface area contributed by atoms with Crippen molar-refractivity contribution in [1.82, 2.24) is 0 Å². The summed E-state index contributed by atoms with van der Waals surface area (Å²) in [6, 6.07) is 11.0. The quantitative estimate of drug-likeness (QED) is 0.673. The zero-order valence-electron chi connectivity index (χ0n) is 10.9. The van der Waals surface area contributed by atoms with Gasteiger partial charge < -0.3 is 9.52 Å². The zero-order chi connectivity index (χ0) is 15.9. The molecule has 6 heteroatoms. The molecule has 0 fully saturated rings. The second kappa shape index (κ2) is 5.38. The minimum absolute atomic E-state index is 0.0413. The van der Waals surface area contributed by atoms with E-state index in [9.17, 15) is 15.2 Å². The Kier molecular flexibility index (Phi) is 3.53. The lowest BCUT2D eigenvalue weighted by molar-refractivity contribution is 0.473. The van der Waals surface area contributed by atoms with Crippen LogP contribution in [-0.2, 0) is 0 Å². The van der Waals surface area contributed by atoms with Crippen molar-refractivity contribution in [2.75, 3.05) is 0 Å². The van der Waals surface area contributed by atoms with E-state index >= 15 is 0 Å². The lowest BCUT2D eigenvalue weighted by Crippen LogP contribution is -2.06. The van der Waals surface area contributed by atoms with Crippen LogP contribution in [0.2, 0.25) is 10.0 Å². The molecule has 3 rings (SSSR count). The highest BCUT2D eigenvalue weighted by Gasteiger charge is 2.17. The summed E-state index contributed by atoms with van der Waals surface area (Å²) in [7, 11) is 0. The molecule has 1 aromatic heterocycles. The minimum atomic E-state index is -0.776. The predicted molar refractivity (Wildman–Crippen MR) is 84.3 cm³/mol. The standard InChI is InChI=1S/C16H7Cl2NO3/c17-12-4-1-8(5-13(12)18)15-10-3-2-9(20)6-14(10)22-16(21)11(15)7-19/h1-6,20H. The van der Waals surface area contributed by atoms with Gasteiger partial charge in [0.2, 0.25) is 0 Å². The van der Waals surface area contributed by atoms with Crippen molar-refractivity contribution in [1.29, 1.82) is 5.26 Å². The van der Waals surface area contributed by atoms with Gasteiger partial charge >= 0.3 is 5.63 Å². The molecule has 2 aromatic carbocycles. The number of hydrogen-bond donors (Lipinski definition) is 1. The molecule has 0 radical (unpaired) electrons. The topological polar surface area (TPSA) is 74.2 Å². The summed E-state index contributed by atoms with van der Waals surface area (Å²) >= 11 is 11.9. The van der Waals surface area contributed by atoms with Crippen LogP contribution in [0.5, 0.6) is 5.75 Å². The Labute approximate surface area is 134 Å². The fourth-order valence-corrected chi connectivity index (χ4v) is 2.54. The van der Waals surface area contributed by atoms with Gasteiger partial charge in [-0.25, -0.2) is 4.79 Å². The molecule has 0 saturated carbocycles. The van der Waals surface area contributed by atoms with Gasteiger partial charge in [0.05, 0.1) is 10.0 Å². The second-order valence-electron chi connectivity index (χ2n) is 4.56. The van der Waals surface area contributed by atoms with E-state index in [1.807, 2.05) is 6.07 Å². The molecule has 0 spiro atoms. The molecule has 0 bridgehead atoms. The third-order valence-electron chi connectivity index (χ3n) is 3.21. The largest absolute Gasteiger partial charge is 0.508 e. The number of rotatable bonds is 1. The molecule has 0 aliphatic rings. The van der Waals surface area contributed by atoms with E-state index in [0.29, 0.717) is 26.6 Å². The first kappa shape index (κ1) is 14.5. The van der Waals surface area contributed by atoms with Crippen LogP contribution >= 0.6 is 23.2 Å². The van der Waals surface area contributed by atoms with Crippen LogP contribution in [0, 0.1) is 11.3 Å². The summed E-state index contributed by atoms with van der Waals surface area (Å²) in [6.07, 6.45) is 0. The number of hydrogen-bond acceptors (Lipinski definition) is 4. The van der Waals surface area contributed by atoms with Crippen LogP contribution in [0.25, 0.3) is 22.1 Å². The number of benzene rings is 2. The molecular weight excluding hydrogens is 325 g/mol. The third-order valence-corrected chi connectivity index (χ3v) is 3.95. The Bertz CT molecular complexity index is 1000. The van der Waals surface area contributed by atoms with Gasteiger partial charge in [-0.3, -0.25) is 0 Å². The summed E-state index contributed by atoms with van der Waals surface area (Å²) in [6.45, 7) is 0. The number of nitriles is 1. The molecule has 4 nitrogen and oxygen atoms in total. The summed E-state index contributed by atoms with van der Waals surface area (Å²) in [5, 5.41) is 20.0. The molecule has 22 heavy (non-hydrogen) atoms. The van der Waals surface area contributed by atoms with Crippen LogP contribution < -0.4 is 5.63 Å². The SMILES string of the molecule is N#Cc1c(-c2ccc(Cl)c(Cl)c2)c2ccc(O)cc2oc1=O. The van der Waals surface area contributed by atoms with Crippen LogP contribution in [0.3, 0.4) is 0 Å². The first-order chi connectivity index (χ1) is 10.5. The molecule has 0 atom stereocenters. The Balaban J connectivity index is 2.47.